The van der Waals surface area contributed by atoms with E-state index in [1.165, 1.54) is 12.0 Å². The Labute approximate surface area is 118 Å². The van der Waals surface area contributed by atoms with Crippen LogP contribution in [0.4, 0.5) is 0 Å². The lowest BCUT2D eigenvalue weighted by Gasteiger charge is -2.16. The van der Waals surface area contributed by atoms with E-state index in [0.717, 1.165) is 37.7 Å². The lowest BCUT2D eigenvalue weighted by molar-refractivity contribution is 0.321. The highest BCUT2D eigenvalue weighted by Crippen LogP contribution is 2.13. The molecule has 1 fully saturated rings. The molecule has 106 valence electrons. The molecule has 3 nitrogen and oxygen atoms in total. The molecule has 0 radical (unpaired) electrons. The highest BCUT2D eigenvalue weighted by Gasteiger charge is 2.21. The molecular formula is C15H24N2OS. The smallest absolute Gasteiger partial charge is 0.0360 e. The minimum absolute atomic E-state index is 0.567. The van der Waals surface area contributed by atoms with Crippen LogP contribution < -0.4 is 5.32 Å². The minimum Gasteiger partial charge on any atom is -0.312 e. The van der Waals surface area contributed by atoms with Gasteiger partial charge in [-0.05, 0) is 12.0 Å². The van der Waals surface area contributed by atoms with Crippen molar-refractivity contribution in [3.05, 3.63) is 35.9 Å². The maximum atomic E-state index is 11.4. The van der Waals surface area contributed by atoms with Crippen molar-refractivity contribution in [2.24, 2.45) is 0 Å². The monoisotopic (exact) mass is 280 g/mol. The number of benzene rings is 1. The summed E-state index contributed by atoms with van der Waals surface area (Å²) in [4.78, 5) is 2.49. The van der Waals surface area contributed by atoms with Crippen LogP contribution in [-0.2, 0) is 17.3 Å². The highest BCUT2D eigenvalue weighted by atomic mass is 32.2. The van der Waals surface area contributed by atoms with Crippen molar-refractivity contribution in [2.45, 2.75) is 25.9 Å². The van der Waals surface area contributed by atoms with Gasteiger partial charge < -0.3 is 5.32 Å². The largest absolute Gasteiger partial charge is 0.312 e. The van der Waals surface area contributed by atoms with Gasteiger partial charge in [-0.1, -0.05) is 37.3 Å². The van der Waals surface area contributed by atoms with Crippen molar-refractivity contribution < 1.29 is 4.21 Å². The number of hydrogen-bond acceptors (Lipinski definition) is 3. The van der Waals surface area contributed by atoms with Gasteiger partial charge in [0.15, 0.2) is 0 Å². The SMILES string of the molecule is CCS(=O)CCNC1CCN(Cc2ccccc2)C1. The predicted molar refractivity (Wildman–Crippen MR) is 81.7 cm³/mol. The van der Waals surface area contributed by atoms with Gasteiger partial charge in [0.25, 0.3) is 0 Å². The summed E-state index contributed by atoms with van der Waals surface area (Å²) in [6.45, 7) is 6.16. The lowest BCUT2D eigenvalue weighted by atomic mass is 10.2. The molecule has 19 heavy (non-hydrogen) atoms. The average molecular weight is 280 g/mol. The van der Waals surface area contributed by atoms with Crippen LogP contribution in [0.3, 0.4) is 0 Å². The number of nitrogens with zero attached hydrogens (tertiary/aromatic N) is 1. The van der Waals surface area contributed by atoms with Crippen LogP contribution in [-0.4, -0.2) is 46.3 Å². The van der Waals surface area contributed by atoms with Gasteiger partial charge in [0.05, 0.1) is 0 Å². The molecule has 0 amide bonds. The average Bonchev–Trinajstić information content (AvgIpc) is 2.87. The zero-order chi connectivity index (χ0) is 13.5. The van der Waals surface area contributed by atoms with Gasteiger partial charge in [-0.25, -0.2) is 0 Å². The van der Waals surface area contributed by atoms with Crippen LogP contribution >= 0.6 is 0 Å². The molecule has 0 aliphatic carbocycles. The zero-order valence-corrected chi connectivity index (χ0v) is 12.5. The van der Waals surface area contributed by atoms with E-state index in [9.17, 15) is 4.21 Å². The molecule has 0 aromatic heterocycles. The van der Waals surface area contributed by atoms with Crippen LogP contribution in [0.25, 0.3) is 0 Å². The summed E-state index contributed by atoms with van der Waals surface area (Å²) in [5, 5.41) is 3.53. The van der Waals surface area contributed by atoms with Gasteiger partial charge in [0.2, 0.25) is 0 Å². The van der Waals surface area contributed by atoms with Gasteiger partial charge in [0, 0.05) is 54.5 Å². The Balaban J connectivity index is 1.67. The van der Waals surface area contributed by atoms with Crippen LogP contribution in [0.15, 0.2) is 30.3 Å². The quantitative estimate of drug-likeness (QED) is 0.824. The van der Waals surface area contributed by atoms with Crippen LogP contribution in [0, 0.1) is 0 Å². The fourth-order valence-electron chi connectivity index (χ4n) is 2.51. The summed E-state index contributed by atoms with van der Waals surface area (Å²) in [5.74, 6) is 1.55. The number of likely N-dealkylation sites (tertiary alicyclic amines) is 1. The van der Waals surface area contributed by atoms with Gasteiger partial charge in [-0.15, -0.1) is 0 Å². The normalized spacial score (nSPS) is 21.6. The Morgan fingerprint density at radius 1 is 1.37 bits per heavy atom. The predicted octanol–water partition coefficient (Wildman–Crippen LogP) is 1.62. The van der Waals surface area contributed by atoms with Gasteiger partial charge in [-0.2, -0.15) is 0 Å². The van der Waals surface area contributed by atoms with E-state index < -0.39 is 10.8 Å². The van der Waals surface area contributed by atoms with Gasteiger partial charge in [-0.3, -0.25) is 9.11 Å². The first kappa shape index (κ1) is 14.7. The molecule has 1 aliphatic heterocycles. The Morgan fingerprint density at radius 3 is 2.89 bits per heavy atom. The second kappa shape index (κ2) is 7.78. The summed E-state index contributed by atoms with van der Waals surface area (Å²) >= 11 is 0. The van der Waals surface area contributed by atoms with E-state index in [1.807, 2.05) is 6.92 Å². The van der Waals surface area contributed by atoms with Crippen molar-refractivity contribution in [1.82, 2.24) is 10.2 Å². The Kier molecular flexibility index (Phi) is 6.01. The molecule has 2 atom stereocenters. The Bertz CT molecular complexity index is 396. The van der Waals surface area contributed by atoms with E-state index >= 15 is 0 Å². The Morgan fingerprint density at radius 2 is 2.16 bits per heavy atom. The topological polar surface area (TPSA) is 32.3 Å². The fraction of sp³-hybridized carbons (Fsp3) is 0.600. The zero-order valence-electron chi connectivity index (χ0n) is 11.7. The molecule has 1 aromatic rings. The third kappa shape index (κ3) is 5.05. The number of nitrogens with one attached hydrogen (secondary N) is 1. The van der Waals surface area contributed by atoms with E-state index in [0.29, 0.717) is 6.04 Å². The summed E-state index contributed by atoms with van der Waals surface area (Å²) in [5.41, 5.74) is 1.38. The Hall–Kier alpha value is -0.710. The van der Waals surface area contributed by atoms with Crippen LogP contribution in [0.5, 0.6) is 0 Å². The molecule has 2 unspecified atom stereocenters. The molecule has 2 rings (SSSR count). The molecule has 0 bridgehead atoms. The maximum absolute atomic E-state index is 11.4. The van der Waals surface area contributed by atoms with E-state index in [4.69, 9.17) is 0 Å². The third-order valence-corrected chi connectivity index (χ3v) is 4.91. The first-order chi connectivity index (χ1) is 9.28. The molecule has 4 heteroatoms. The summed E-state index contributed by atoms with van der Waals surface area (Å²) in [6, 6.07) is 11.2. The first-order valence-corrected chi connectivity index (χ1v) is 8.61. The molecule has 0 saturated carbocycles. The van der Waals surface area contributed by atoms with Crippen LogP contribution in [0.1, 0.15) is 18.9 Å². The third-order valence-electron chi connectivity index (χ3n) is 3.61. The van der Waals surface area contributed by atoms with Crippen LogP contribution in [0.2, 0.25) is 0 Å². The van der Waals surface area contributed by atoms with Crippen molar-refractivity contribution in [3.8, 4) is 0 Å². The molecule has 1 aromatic carbocycles. The second-order valence-corrected chi connectivity index (χ2v) is 6.96. The fourth-order valence-corrected chi connectivity index (χ4v) is 3.14. The van der Waals surface area contributed by atoms with Crippen molar-refractivity contribution >= 4 is 10.8 Å². The lowest BCUT2D eigenvalue weighted by Crippen LogP contribution is -2.34. The van der Waals surface area contributed by atoms with E-state index in [1.54, 1.807) is 0 Å². The molecule has 0 spiro atoms. The van der Waals surface area contributed by atoms with Gasteiger partial charge in [0.1, 0.15) is 0 Å². The van der Waals surface area contributed by atoms with E-state index in [2.05, 4.69) is 40.5 Å². The highest BCUT2D eigenvalue weighted by molar-refractivity contribution is 7.84. The summed E-state index contributed by atoms with van der Waals surface area (Å²) in [7, 11) is -0.643. The van der Waals surface area contributed by atoms with Crippen molar-refractivity contribution in [1.29, 1.82) is 0 Å². The summed E-state index contributed by atoms with van der Waals surface area (Å²) in [6.07, 6.45) is 1.20. The number of rotatable bonds is 7. The number of hydrogen-bond donors (Lipinski definition) is 1. The molecular weight excluding hydrogens is 256 g/mol. The molecule has 1 heterocycles. The molecule has 1 saturated heterocycles. The maximum Gasteiger partial charge on any atom is 0.0360 e. The molecule has 1 aliphatic rings. The summed E-state index contributed by atoms with van der Waals surface area (Å²) < 4.78 is 11.4. The minimum atomic E-state index is -0.643. The molecule has 1 N–H and O–H groups in total. The van der Waals surface area contributed by atoms with Crippen molar-refractivity contribution in [2.75, 3.05) is 31.1 Å². The second-order valence-electron chi connectivity index (χ2n) is 5.09. The van der Waals surface area contributed by atoms with Crippen molar-refractivity contribution in [3.63, 3.8) is 0 Å². The standard InChI is InChI=1S/C15H24N2OS/c1-2-19(18)11-9-16-15-8-10-17(13-15)12-14-6-4-3-5-7-14/h3-7,15-16H,2,8-13H2,1H3. The van der Waals surface area contributed by atoms with Gasteiger partial charge >= 0.3 is 0 Å². The first-order valence-electron chi connectivity index (χ1n) is 7.12. The van der Waals surface area contributed by atoms with E-state index in [-0.39, 0.29) is 0 Å².